The number of hydrogen-bond donors (Lipinski definition) is 1. The average molecular weight is 375 g/mol. The van der Waals surface area contributed by atoms with Gasteiger partial charge < -0.3 is 4.74 Å². The molecule has 0 saturated carbocycles. The summed E-state index contributed by atoms with van der Waals surface area (Å²) in [5, 5.41) is 0. The molecule has 0 aliphatic carbocycles. The maximum atomic E-state index is 12.7. The number of nitrogens with zero attached hydrogens (tertiary/aromatic N) is 2. The van der Waals surface area contributed by atoms with Crippen molar-refractivity contribution in [3.8, 4) is 0 Å². The summed E-state index contributed by atoms with van der Waals surface area (Å²) in [5.74, 6) is 0.358. The van der Waals surface area contributed by atoms with Gasteiger partial charge in [0.15, 0.2) is 0 Å². The zero-order valence-corrected chi connectivity index (χ0v) is 15.8. The molecular formula is C19H25N3O3S. The van der Waals surface area contributed by atoms with Crippen molar-refractivity contribution in [3.05, 3.63) is 59.8 Å². The summed E-state index contributed by atoms with van der Waals surface area (Å²) in [5.41, 5.74) is 1.94. The van der Waals surface area contributed by atoms with Crippen molar-refractivity contribution in [3.63, 3.8) is 0 Å². The fourth-order valence-electron chi connectivity index (χ4n) is 2.98. The SMILES string of the molecule is CCc1cccc(NS(=O)(=O)N2CCCC(OCc3ccccc3)C2)n1. The first-order valence-electron chi connectivity index (χ1n) is 8.96. The van der Waals surface area contributed by atoms with Crippen molar-refractivity contribution >= 4 is 16.0 Å². The minimum Gasteiger partial charge on any atom is -0.372 e. The van der Waals surface area contributed by atoms with Crippen LogP contribution in [0.4, 0.5) is 5.82 Å². The van der Waals surface area contributed by atoms with Crippen LogP contribution < -0.4 is 4.72 Å². The van der Waals surface area contributed by atoms with Gasteiger partial charge in [-0.3, -0.25) is 4.72 Å². The Morgan fingerprint density at radius 3 is 2.77 bits per heavy atom. The lowest BCUT2D eigenvalue weighted by atomic mass is 10.1. The molecule has 1 aromatic carbocycles. The molecule has 0 radical (unpaired) electrons. The van der Waals surface area contributed by atoms with E-state index >= 15 is 0 Å². The number of ether oxygens (including phenoxy) is 1. The second-order valence-electron chi connectivity index (χ2n) is 6.39. The number of benzene rings is 1. The van der Waals surface area contributed by atoms with E-state index in [2.05, 4.69) is 9.71 Å². The Hall–Kier alpha value is -1.96. The first kappa shape index (κ1) is 18.8. The van der Waals surface area contributed by atoms with Gasteiger partial charge in [-0.15, -0.1) is 0 Å². The largest absolute Gasteiger partial charge is 0.372 e. The molecule has 1 N–H and O–H groups in total. The molecule has 3 rings (SSSR count). The monoisotopic (exact) mass is 375 g/mol. The fourth-order valence-corrected chi connectivity index (χ4v) is 4.22. The van der Waals surface area contributed by atoms with Crippen molar-refractivity contribution in [1.29, 1.82) is 0 Å². The van der Waals surface area contributed by atoms with Gasteiger partial charge in [0.25, 0.3) is 0 Å². The van der Waals surface area contributed by atoms with Gasteiger partial charge in [-0.25, -0.2) is 4.98 Å². The fraction of sp³-hybridized carbons (Fsp3) is 0.421. The van der Waals surface area contributed by atoms with E-state index in [1.807, 2.05) is 49.4 Å². The molecule has 2 heterocycles. The van der Waals surface area contributed by atoms with E-state index < -0.39 is 10.2 Å². The van der Waals surface area contributed by atoms with Crippen LogP contribution in [-0.2, 0) is 28.0 Å². The Balaban J connectivity index is 1.60. The number of aryl methyl sites for hydroxylation is 1. The molecule has 0 amide bonds. The molecule has 140 valence electrons. The van der Waals surface area contributed by atoms with Crippen molar-refractivity contribution in [1.82, 2.24) is 9.29 Å². The number of anilines is 1. The Labute approximate surface area is 155 Å². The lowest BCUT2D eigenvalue weighted by Crippen LogP contribution is -2.45. The summed E-state index contributed by atoms with van der Waals surface area (Å²) in [6, 6.07) is 15.3. The second kappa shape index (κ2) is 8.62. The van der Waals surface area contributed by atoms with Gasteiger partial charge in [-0.2, -0.15) is 12.7 Å². The smallest absolute Gasteiger partial charge is 0.302 e. The van der Waals surface area contributed by atoms with E-state index in [0.717, 1.165) is 30.5 Å². The first-order valence-corrected chi connectivity index (χ1v) is 10.4. The third-order valence-corrected chi connectivity index (χ3v) is 5.89. The minimum absolute atomic E-state index is 0.101. The van der Waals surface area contributed by atoms with Crippen LogP contribution in [0.5, 0.6) is 0 Å². The van der Waals surface area contributed by atoms with Crippen molar-refractivity contribution < 1.29 is 13.2 Å². The van der Waals surface area contributed by atoms with E-state index in [0.29, 0.717) is 25.5 Å². The highest BCUT2D eigenvalue weighted by Crippen LogP contribution is 2.19. The van der Waals surface area contributed by atoms with Crippen LogP contribution in [0.1, 0.15) is 31.0 Å². The van der Waals surface area contributed by atoms with E-state index in [9.17, 15) is 8.42 Å². The third kappa shape index (κ3) is 5.03. The number of pyridine rings is 1. The van der Waals surface area contributed by atoms with Crippen molar-refractivity contribution in [2.75, 3.05) is 17.8 Å². The van der Waals surface area contributed by atoms with E-state index in [1.54, 1.807) is 6.07 Å². The highest BCUT2D eigenvalue weighted by molar-refractivity contribution is 7.90. The van der Waals surface area contributed by atoms with Crippen LogP contribution in [0.15, 0.2) is 48.5 Å². The molecule has 1 atom stereocenters. The number of rotatable bonds is 7. The van der Waals surface area contributed by atoms with Gasteiger partial charge >= 0.3 is 10.2 Å². The molecule has 1 saturated heterocycles. The number of piperidine rings is 1. The van der Waals surface area contributed by atoms with Crippen LogP contribution in [0, 0.1) is 0 Å². The molecular weight excluding hydrogens is 350 g/mol. The molecule has 1 aliphatic rings. The van der Waals surface area contributed by atoms with Crippen LogP contribution in [0.3, 0.4) is 0 Å². The van der Waals surface area contributed by atoms with Crippen LogP contribution in [-0.4, -0.2) is 36.9 Å². The maximum absolute atomic E-state index is 12.7. The molecule has 26 heavy (non-hydrogen) atoms. The Kier molecular flexibility index (Phi) is 6.24. The Morgan fingerprint density at radius 2 is 2.00 bits per heavy atom. The zero-order valence-electron chi connectivity index (χ0n) is 15.0. The van der Waals surface area contributed by atoms with Crippen LogP contribution in [0.25, 0.3) is 0 Å². The van der Waals surface area contributed by atoms with Crippen LogP contribution >= 0.6 is 0 Å². The first-order chi connectivity index (χ1) is 12.6. The maximum Gasteiger partial charge on any atom is 0.302 e. The highest BCUT2D eigenvalue weighted by Gasteiger charge is 2.29. The van der Waals surface area contributed by atoms with Gasteiger partial charge in [-0.1, -0.05) is 43.3 Å². The lowest BCUT2D eigenvalue weighted by molar-refractivity contribution is 0.00823. The molecule has 0 bridgehead atoms. The summed E-state index contributed by atoms with van der Waals surface area (Å²) >= 11 is 0. The predicted octanol–water partition coefficient (Wildman–Crippen LogP) is 2.98. The third-order valence-electron chi connectivity index (χ3n) is 4.41. The van der Waals surface area contributed by atoms with Gasteiger partial charge in [0.1, 0.15) is 5.82 Å². The van der Waals surface area contributed by atoms with E-state index in [1.165, 1.54) is 4.31 Å². The van der Waals surface area contributed by atoms with Gasteiger partial charge in [0.05, 0.1) is 12.7 Å². The van der Waals surface area contributed by atoms with Gasteiger partial charge in [0, 0.05) is 18.8 Å². The van der Waals surface area contributed by atoms with Gasteiger partial charge in [-0.05, 0) is 37.0 Å². The highest BCUT2D eigenvalue weighted by atomic mass is 32.2. The molecule has 0 spiro atoms. The predicted molar refractivity (Wildman–Crippen MR) is 102 cm³/mol. The second-order valence-corrected chi connectivity index (χ2v) is 8.06. The van der Waals surface area contributed by atoms with Gasteiger partial charge in [0.2, 0.25) is 0 Å². The van der Waals surface area contributed by atoms with E-state index in [-0.39, 0.29) is 6.10 Å². The summed E-state index contributed by atoms with van der Waals surface area (Å²) < 4.78 is 35.4. The summed E-state index contributed by atoms with van der Waals surface area (Å²) in [7, 11) is -3.64. The van der Waals surface area contributed by atoms with Crippen molar-refractivity contribution in [2.45, 2.75) is 38.9 Å². The molecule has 1 aromatic heterocycles. The van der Waals surface area contributed by atoms with Crippen LogP contribution in [0.2, 0.25) is 0 Å². The molecule has 1 aliphatic heterocycles. The standard InChI is InChI=1S/C19H25N3O3S/c1-2-17-10-6-12-19(20-17)21-26(23,24)22-13-7-11-18(14-22)25-15-16-8-4-3-5-9-16/h3-6,8-10,12,18H,2,7,11,13-15H2,1H3,(H,20,21). The Morgan fingerprint density at radius 1 is 1.19 bits per heavy atom. The average Bonchev–Trinajstić information content (AvgIpc) is 2.67. The zero-order chi connectivity index (χ0) is 18.4. The number of nitrogens with one attached hydrogen (secondary N) is 1. The normalized spacial score (nSPS) is 18.6. The lowest BCUT2D eigenvalue weighted by Gasteiger charge is -2.31. The van der Waals surface area contributed by atoms with E-state index in [4.69, 9.17) is 4.74 Å². The van der Waals surface area contributed by atoms with Crippen molar-refractivity contribution in [2.24, 2.45) is 0 Å². The number of hydrogen-bond acceptors (Lipinski definition) is 4. The molecule has 2 aromatic rings. The molecule has 1 fully saturated rings. The minimum atomic E-state index is -3.64. The summed E-state index contributed by atoms with van der Waals surface area (Å²) in [6.45, 7) is 3.33. The quantitative estimate of drug-likeness (QED) is 0.808. The summed E-state index contributed by atoms with van der Waals surface area (Å²) in [4.78, 5) is 4.32. The summed E-state index contributed by atoms with van der Waals surface area (Å²) in [6.07, 6.45) is 2.30. The Bertz CT molecular complexity index is 812. The number of aromatic nitrogens is 1. The molecule has 1 unspecified atom stereocenters. The molecule has 6 nitrogen and oxygen atoms in total. The molecule has 7 heteroatoms. The topological polar surface area (TPSA) is 71.5 Å².